The van der Waals surface area contributed by atoms with Crippen molar-refractivity contribution in [1.82, 2.24) is 0 Å². The van der Waals surface area contributed by atoms with Crippen molar-refractivity contribution in [2.75, 3.05) is 0 Å². The Labute approximate surface area is 248 Å². The van der Waals surface area contributed by atoms with Crippen LogP contribution in [0.15, 0.2) is 186 Å². The van der Waals surface area contributed by atoms with E-state index >= 15 is 0 Å². The third-order valence-electron chi connectivity index (χ3n) is 7.75. The zero-order valence-electron chi connectivity index (χ0n) is 23.4. The van der Waals surface area contributed by atoms with Gasteiger partial charge in [0.1, 0.15) is 5.54 Å². The van der Waals surface area contributed by atoms with Crippen molar-refractivity contribution in [2.45, 2.75) is 11.0 Å². The first-order chi connectivity index (χ1) is 20.8. The number of allylic oxidation sites excluding steroid dienone is 2. The molecular formula is C40H32N2. The van der Waals surface area contributed by atoms with Gasteiger partial charge in [-0.05, 0) is 34.4 Å². The highest BCUT2D eigenvalue weighted by molar-refractivity contribution is 5.75. The van der Waals surface area contributed by atoms with Crippen LogP contribution in [0.5, 0.6) is 0 Å². The zero-order chi connectivity index (χ0) is 28.5. The Morgan fingerprint density at radius 3 is 1.64 bits per heavy atom. The van der Waals surface area contributed by atoms with Crippen molar-refractivity contribution in [2.24, 2.45) is 10.2 Å². The van der Waals surface area contributed by atoms with Gasteiger partial charge in [0.2, 0.25) is 0 Å². The topological polar surface area (TPSA) is 24.7 Å². The van der Waals surface area contributed by atoms with Gasteiger partial charge in [-0.25, -0.2) is 0 Å². The van der Waals surface area contributed by atoms with Gasteiger partial charge < -0.3 is 0 Å². The van der Waals surface area contributed by atoms with Crippen molar-refractivity contribution in [1.29, 1.82) is 0 Å². The van der Waals surface area contributed by atoms with Crippen LogP contribution in [0.3, 0.4) is 0 Å². The molecule has 0 aliphatic heterocycles. The second-order valence-electron chi connectivity index (χ2n) is 10.3. The van der Waals surface area contributed by atoms with E-state index in [1.165, 1.54) is 0 Å². The van der Waals surface area contributed by atoms with E-state index in [1.54, 1.807) is 0 Å². The Balaban J connectivity index is 1.53. The summed E-state index contributed by atoms with van der Waals surface area (Å²) >= 11 is 0. The third kappa shape index (κ3) is 5.48. The summed E-state index contributed by atoms with van der Waals surface area (Å²) in [6, 6.07) is 50.0. The van der Waals surface area contributed by atoms with Gasteiger partial charge in [-0.1, -0.05) is 182 Å². The van der Waals surface area contributed by atoms with Gasteiger partial charge in [0.05, 0.1) is 11.1 Å². The van der Waals surface area contributed by atoms with Crippen LogP contribution in [0.25, 0.3) is 18.2 Å². The van der Waals surface area contributed by atoms with Crippen LogP contribution in [0.2, 0.25) is 0 Å². The predicted octanol–water partition coefficient (Wildman–Crippen LogP) is 10.6. The van der Waals surface area contributed by atoms with Crippen LogP contribution < -0.4 is 0 Å². The van der Waals surface area contributed by atoms with Gasteiger partial charge in [0.25, 0.3) is 0 Å². The first-order valence-corrected chi connectivity index (χ1v) is 14.3. The molecule has 0 fully saturated rings. The Morgan fingerprint density at radius 2 is 0.976 bits per heavy atom. The predicted molar refractivity (Wildman–Crippen MR) is 176 cm³/mol. The quantitative estimate of drug-likeness (QED) is 0.138. The van der Waals surface area contributed by atoms with Gasteiger partial charge in [0, 0.05) is 5.56 Å². The van der Waals surface area contributed by atoms with E-state index in [-0.39, 0.29) is 0 Å². The number of azo groups is 1. The van der Waals surface area contributed by atoms with Crippen LogP contribution >= 0.6 is 0 Å². The molecular weight excluding hydrogens is 508 g/mol. The molecule has 0 saturated carbocycles. The van der Waals surface area contributed by atoms with Crippen molar-refractivity contribution in [3.05, 3.63) is 204 Å². The second kappa shape index (κ2) is 12.4. The van der Waals surface area contributed by atoms with Gasteiger partial charge in [0.15, 0.2) is 0 Å². The molecule has 42 heavy (non-hydrogen) atoms. The molecule has 6 rings (SSSR count). The smallest absolute Gasteiger partial charge is 0.142 e. The molecule has 1 aliphatic rings. The minimum Gasteiger partial charge on any atom is -0.171 e. The molecule has 2 atom stereocenters. The number of hydrogen-bond acceptors (Lipinski definition) is 2. The lowest BCUT2D eigenvalue weighted by atomic mass is 9.60. The molecule has 0 radical (unpaired) electrons. The summed E-state index contributed by atoms with van der Waals surface area (Å²) in [6.07, 6.45) is 17.4. The highest BCUT2D eigenvalue weighted by Gasteiger charge is 2.51. The number of nitrogens with zero attached hydrogens (tertiary/aromatic N) is 2. The van der Waals surface area contributed by atoms with E-state index in [1.807, 2.05) is 48.5 Å². The summed E-state index contributed by atoms with van der Waals surface area (Å²) in [5.74, 6) is 0. The minimum absolute atomic E-state index is 0.640. The van der Waals surface area contributed by atoms with Crippen molar-refractivity contribution in [3.8, 4) is 0 Å². The molecule has 0 aromatic heterocycles. The van der Waals surface area contributed by atoms with Crippen molar-refractivity contribution in [3.63, 3.8) is 0 Å². The Kier molecular flexibility index (Phi) is 7.96. The minimum atomic E-state index is -0.841. The lowest BCUT2D eigenvalue weighted by Crippen LogP contribution is -2.45. The molecule has 0 bridgehead atoms. The van der Waals surface area contributed by atoms with Crippen LogP contribution in [0.4, 0.5) is 5.69 Å². The molecule has 5 aromatic carbocycles. The zero-order valence-corrected chi connectivity index (χ0v) is 23.4. The van der Waals surface area contributed by atoms with E-state index in [0.29, 0.717) is 0 Å². The number of rotatable bonds is 8. The standard InChI is InChI=1S/C40H32N2/c1-5-17-33(18-6-1)27-28-35-21-13-14-26-38(35)41-42-40(37-24-11-4-12-25-37)31-16-15-30-39(40,36-22-9-3-10-23-36)32-29-34-19-7-2-8-20-34/h1-32H. The number of hydrogen-bond donors (Lipinski definition) is 0. The molecule has 2 heteroatoms. The molecule has 202 valence electrons. The van der Waals surface area contributed by atoms with Gasteiger partial charge in [-0.3, -0.25) is 0 Å². The molecule has 5 aromatic rings. The summed E-state index contributed by atoms with van der Waals surface area (Å²) in [7, 11) is 0. The first-order valence-electron chi connectivity index (χ1n) is 14.3. The van der Waals surface area contributed by atoms with Gasteiger partial charge in [-0.2, -0.15) is 10.2 Å². The summed E-state index contributed by atoms with van der Waals surface area (Å²) in [5, 5.41) is 10.3. The highest BCUT2D eigenvalue weighted by atomic mass is 15.2. The van der Waals surface area contributed by atoms with E-state index in [9.17, 15) is 0 Å². The van der Waals surface area contributed by atoms with Crippen LogP contribution in [0, 0.1) is 0 Å². The van der Waals surface area contributed by atoms with E-state index in [2.05, 4.69) is 146 Å². The first kappa shape index (κ1) is 26.9. The average Bonchev–Trinajstić information content (AvgIpc) is 3.08. The maximum Gasteiger partial charge on any atom is 0.142 e. The van der Waals surface area contributed by atoms with Crippen molar-refractivity contribution >= 4 is 23.9 Å². The molecule has 0 saturated heterocycles. The molecule has 0 amide bonds. The fraction of sp³-hybridized carbons (Fsp3) is 0.0500. The highest BCUT2D eigenvalue weighted by Crippen LogP contribution is 2.51. The molecule has 1 aliphatic carbocycles. The lowest BCUT2D eigenvalue weighted by molar-refractivity contribution is 0.390. The van der Waals surface area contributed by atoms with Crippen LogP contribution in [0.1, 0.15) is 27.8 Å². The lowest BCUT2D eigenvalue weighted by Gasteiger charge is -2.44. The summed E-state index contributed by atoms with van der Waals surface area (Å²) in [6.45, 7) is 0. The van der Waals surface area contributed by atoms with Crippen LogP contribution in [-0.4, -0.2) is 0 Å². The maximum atomic E-state index is 5.31. The fourth-order valence-electron chi connectivity index (χ4n) is 5.57. The largest absolute Gasteiger partial charge is 0.171 e. The molecule has 0 heterocycles. The summed E-state index contributed by atoms with van der Waals surface area (Å²) in [4.78, 5) is 0. The molecule has 0 spiro atoms. The van der Waals surface area contributed by atoms with Gasteiger partial charge in [-0.15, -0.1) is 0 Å². The van der Waals surface area contributed by atoms with Gasteiger partial charge >= 0.3 is 0 Å². The SMILES string of the molecule is C1=CC(C=Cc2ccccc2)(c2ccccc2)C(N=Nc2ccccc2C=Cc2ccccc2)(c2ccccc2)C=C1. The van der Waals surface area contributed by atoms with E-state index in [0.717, 1.165) is 33.5 Å². The van der Waals surface area contributed by atoms with Crippen molar-refractivity contribution < 1.29 is 0 Å². The van der Waals surface area contributed by atoms with E-state index < -0.39 is 11.0 Å². The Bertz CT molecular complexity index is 1750. The monoisotopic (exact) mass is 540 g/mol. The second-order valence-corrected chi connectivity index (χ2v) is 10.3. The number of benzene rings is 5. The van der Waals surface area contributed by atoms with E-state index in [4.69, 9.17) is 10.2 Å². The molecule has 0 N–H and O–H groups in total. The summed E-state index contributed by atoms with van der Waals surface area (Å²) in [5.41, 5.74) is 4.81. The van der Waals surface area contributed by atoms with Crippen LogP contribution in [-0.2, 0) is 11.0 Å². The normalized spacial score (nSPS) is 20.1. The Morgan fingerprint density at radius 1 is 0.452 bits per heavy atom. The molecule has 2 nitrogen and oxygen atoms in total. The third-order valence-corrected chi connectivity index (χ3v) is 7.75. The average molecular weight is 541 g/mol. The summed E-state index contributed by atoms with van der Waals surface area (Å²) < 4.78 is 0. The maximum absolute atomic E-state index is 5.31. The molecule has 2 unspecified atom stereocenters. The fourth-order valence-corrected chi connectivity index (χ4v) is 5.57. The Hall–Kier alpha value is -5.34.